The van der Waals surface area contributed by atoms with Crippen LogP contribution in [0.5, 0.6) is 11.5 Å². The molecule has 0 spiro atoms. The van der Waals surface area contributed by atoms with E-state index in [1.54, 1.807) is 54.6 Å². The quantitative estimate of drug-likeness (QED) is 0.0934. The molecule has 0 fully saturated rings. The number of hydrogen-bond donors (Lipinski definition) is 0. The van der Waals surface area contributed by atoms with Crippen LogP contribution in [0.25, 0.3) is 0 Å². The Morgan fingerprint density at radius 3 is 2.21 bits per heavy atom. The largest absolute Gasteiger partial charge is 0.493 e. The number of methoxy groups -OCH3 is 1. The average Bonchev–Trinajstić information content (AvgIpc) is 3.37. The molecular formula is C30H21Cl2N5O4S. The van der Waals surface area contributed by atoms with E-state index in [1.807, 2.05) is 30.3 Å². The second-order valence-electron chi connectivity index (χ2n) is 8.67. The van der Waals surface area contributed by atoms with Crippen LogP contribution in [-0.2, 0) is 6.54 Å². The number of azo groups is 1. The van der Waals surface area contributed by atoms with E-state index >= 15 is 0 Å². The third-order valence-electron chi connectivity index (χ3n) is 5.93. The molecule has 42 heavy (non-hydrogen) atoms. The van der Waals surface area contributed by atoms with Crippen molar-refractivity contribution in [1.29, 1.82) is 0 Å². The van der Waals surface area contributed by atoms with E-state index in [-0.39, 0.29) is 27.3 Å². The maximum Gasteiger partial charge on any atom is 0.343 e. The van der Waals surface area contributed by atoms with Crippen LogP contribution >= 0.6 is 34.7 Å². The zero-order valence-electron chi connectivity index (χ0n) is 22.0. The maximum atomic E-state index is 13.7. The monoisotopic (exact) mass is 617 g/mol. The number of aromatic nitrogens is 2. The number of anilines is 1. The molecule has 0 bridgehead atoms. The number of hydrogen-bond acceptors (Lipinski definition) is 9. The summed E-state index contributed by atoms with van der Waals surface area (Å²) in [5.74, 6) is -0.467. The fraction of sp³-hybridized carbons (Fsp3) is 0.0667. The number of esters is 1. The molecule has 0 N–H and O–H groups in total. The van der Waals surface area contributed by atoms with Gasteiger partial charge in [0, 0.05) is 18.1 Å². The molecule has 0 aliphatic rings. The third kappa shape index (κ3) is 6.80. The van der Waals surface area contributed by atoms with Crippen molar-refractivity contribution in [3.05, 3.63) is 124 Å². The highest BCUT2D eigenvalue weighted by Gasteiger charge is 2.25. The molecule has 1 amide bonds. The van der Waals surface area contributed by atoms with Gasteiger partial charge in [0.15, 0.2) is 17.2 Å². The highest BCUT2D eigenvalue weighted by molar-refractivity contribution is 7.11. The van der Waals surface area contributed by atoms with Gasteiger partial charge < -0.3 is 14.4 Å². The number of carbonyl (C=O) groups excluding carboxylic acids is 2. The third-order valence-corrected chi connectivity index (χ3v) is 7.54. The summed E-state index contributed by atoms with van der Waals surface area (Å²) in [6.45, 7) is 0.115. The molecule has 0 aliphatic heterocycles. The van der Waals surface area contributed by atoms with E-state index in [4.69, 9.17) is 32.7 Å². The number of ether oxygens (including phenoxy) is 2. The van der Waals surface area contributed by atoms with Gasteiger partial charge in [-0.05, 0) is 77.8 Å². The predicted molar refractivity (Wildman–Crippen MR) is 162 cm³/mol. The van der Waals surface area contributed by atoms with Gasteiger partial charge in [-0.25, -0.2) is 4.79 Å². The molecule has 0 saturated carbocycles. The molecule has 3 aromatic carbocycles. The first-order valence-electron chi connectivity index (χ1n) is 12.4. The van der Waals surface area contributed by atoms with Crippen LogP contribution in [0.15, 0.2) is 108 Å². The number of pyridine rings is 1. The minimum atomic E-state index is -0.556. The number of carbonyl (C=O) groups is 2. The van der Waals surface area contributed by atoms with Crippen molar-refractivity contribution in [2.75, 3.05) is 12.0 Å². The summed E-state index contributed by atoms with van der Waals surface area (Å²) in [5.41, 5.74) is 2.96. The van der Waals surface area contributed by atoms with Gasteiger partial charge in [-0.15, -0.1) is 0 Å². The van der Waals surface area contributed by atoms with Crippen LogP contribution in [0, 0.1) is 0 Å². The van der Waals surface area contributed by atoms with E-state index in [2.05, 4.69) is 19.6 Å². The molecule has 210 valence electrons. The van der Waals surface area contributed by atoms with Crippen LogP contribution < -0.4 is 14.4 Å². The minimum Gasteiger partial charge on any atom is -0.493 e. The van der Waals surface area contributed by atoms with Crippen molar-refractivity contribution in [3.63, 3.8) is 0 Å². The minimum absolute atomic E-state index is 0.0365. The Balaban J connectivity index is 1.42. The second-order valence-corrected chi connectivity index (χ2v) is 10.4. The van der Waals surface area contributed by atoms with E-state index in [0.717, 1.165) is 17.2 Å². The molecule has 5 rings (SSSR count). The zero-order valence-corrected chi connectivity index (χ0v) is 24.3. The molecule has 0 saturated heterocycles. The van der Waals surface area contributed by atoms with Crippen LogP contribution in [0.4, 0.5) is 17.1 Å². The Morgan fingerprint density at radius 2 is 1.57 bits per heavy atom. The predicted octanol–water partition coefficient (Wildman–Crippen LogP) is 8.34. The van der Waals surface area contributed by atoms with E-state index in [1.165, 1.54) is 24.4 Å². The van der Waals surface area contributed by atoms with Gasteiger partial charge in [-0.2, -0.15) is 14.6 Å². The van der Waals surface area contributed by atoms with Gasteiger partial charge in [-0.3, -0.25) is 9.78 Å². The van der Waals surface area contributed by atoms with Crippen molar-refractivity contribution in [3.8, 4) is 11.5 Å². The Morgan fingerprint density at radius 1 is 0.881 bits per heavy atom. The summed E-state index contributed by atoms with van der Waals surface area (Å²) in [6.07, 6.45) is 3.01. The standard InChI is InChI=1S/C30H21Cl2N5O4S/c1-40-25-17-19(7-12-24(25)41-30(39)20-13-15-33-16-14-20)18-37(29(38)27-26(31)28(32)42-36-27)23-10-8-22(9-11-23)35-34-21-5-3-2-4-6-21/h2-17H,18H2,1H3. The lowest BCUT2D eigenvalue weighted by molar-refractivity contribution is 0.0729. The first kappa shape index (κ1) is 28.9. The van der Waals surface area contributed by atoms with Gasteiger partial charge in [0.05, 0.1) is 30.6 Å². The fourth-order valence-corrected chi connectivity index (χ4v) is 4.82. The van der Waals surface area contributed by atoms with Crippen LogP contribution in [0.3, 0.4) is 0 Å². The van der Waals surface area contributed by atoms with E-state index < -0.39 is 11.9 Å². The summed E-state index contributed by atoms with van der Waals surface area (Å²) in [5, 5.41) is 8.59. The highest BCUT2D eigenvalue weighted by atomic mass is 35.5. The Hall–Kier alpha value is -4.64. The maximum absolute atomic E-state index is 13.7. The van der Waals surface area contributed by atoms with Gasteiger partial charge in [0.25, 0.3) is 5.91 Å². The summed E-state index contributed by atoms with van der Waals surface area (Å²) < 4.78 is 15.4. The number of halogens is 2. The van der Waals surface area contributed by atoms with Gasteiger partial charge in [0.1, 0.15) is 9.36 Å². The lowest BCUT2D eigenvalue weighted by Crippen LogP contribution is -2.30. The summed E-state index contributed by atoms with van der Waals surface area (Å²) in [7, 11) is 1.46. The molecule has 0 radical (unpaired) electrons. The van der Waals surface area contributed by atoms with Crippen LogP contribution in [-0.4, -0.2) is 28.3 Å². The van der Waals surface area contributed by atoms with Gasteiger partial charge in [-0.1, -0.05) is 47.5 Å². The fourth-order valence-electron chi connectivity index (χ4n) is 3.83. The molecule has 0 atom stereocenters. The molecule has 2 aromatic heterocycles. The van der Waals surface area contributed by atoms with Crippen LogP contribution in [0.2, 0.25) is 9.36 Å². The lowest BCUT2D eigenvalue weighted by atomic mass is 10.1. The SMILES string of the molecule is COc1cc(CN(C(=O)c2nsc(Cl)c2Cl)c2ccc(N=Nc3ccccc3)cc2)ccc1OC(=O)c1ccncc1. The Bertz CT molecular complexity index is 1730. The summed E-state index contributed by atoms with van der Waals surface area (Å²) in [6, 6.07) is 24.5. The normalized spacial score (nSPS) is 10.9. The van der Waals surface area contributed by atoms with Gasteiger partial charge in [0.2, 0.25) is 0 Å². The lowest BCUT2D eigenvalue weighted by Gasteiger charge is -2.23. The van der Waals surface area contributed by atoms with Gasteiger partial charge >= 0.3 is 5.97 Å². The smallest absolute Gasteiger partial charge is 0.343 e. The molecule has 5 aromatic rings. The highest BCUT2D eigenvalue weighted by Crippen LogP contribution is 2.34. The Kier molecular flexibility index (Phi) is 9.18. The number of benzene rings is 3. The summed E-state index contributed by atoms with van der Waals surface area (Å²) >= 11 is 13.3. The van der Waals surface area contributed by atoms with Crippen molar-refractivity contribution in [1.82, 2.24) is 9.36 Å². The summed E-state index contributed by atoms with van der Waals surface area (Å²) in [4.78, 5) is 31.7. The first-order valence-corrected chi connectivity index (χ1v) is 13.9. The molecule has 9 nitrogen and oxygen atoms in total. The molecule has 0 unspecified atom stereocenters. The van der Waals surface area contributed by atoms with E-state index in [9.17, 15) is 9.59 Å². The zero-order chi connectivity index (χ0) is 29.5. The van der Waals surface area contributed by atoms with Crippen molar-refractivity contribution >= 4 is 63.7 Å². The number of nitrogens with zero attached hydrogens (tertiary/aromatic N) is 5. The molecule has 0 aliphatic carbocycles. The average molecular weight is 619 g/mol. The van der Waals surface area contributed by atoms with E-state index in [0.29, 0.717) is 28.3 Å². The Labute approximate surface area is 255 Å². The van der Waals surface area contributed by atoms with Crippen molar-refractivity contribution in [2.45, 2.75) is 6.54 Å². The first-order chi connectivity index (χ1) is 20.4. The van der Waals surface area contributed by atoms with Crippen LogP contribution in [0.1, 0.15) is 26.4 Å². The number of amides is 1. The molecular weight excluding hydrogens is 597 g/mol. The number of rotatable bonds is 9. The topological polar surface area (TPSA) is 106 Å². The molecule has 2 heterocycles. The second kappa shape index (κ2) is 13.3. The molecule has 12 heteroatoms. The van der Waals surface area contributed by atoms with Crippen molar-refractivity contribution < 1.29 is 19.1 Å². The van der Waals surface area contributed by atoms with Crippen molar-refractivity contribution in [2.24, 2.45) is 10.2 Å².